The number of nitrogens with one attached hydrogen (secondary N) is 1. The van der Waals surface area contributed by atoms with E-state index >= 15 is 0 Å². The number of hydrogen-bond donors (Lipinski definition) is 1. The van der Waals surface area contributed by atoms with Crippen LogP contribution < -0.4 is 5.48 Å². The van der Waals surface area contributed by atoms with Crippen LogP contribution in [0.4, 0.5) is 0 Å². The quantitative estimate of drug-likeness (QED) is 0.799. The van der Waals surface area contributed by atoms with Gasteiger partial charge in [-0.05, 0) is 25.7 Å². The predicted octanol–water partition coefficient (Wildman–Crippen LogP) is 1.84. The van der Waals surface area contributed by atoms with Crippen molar-refractivity contribution in [3.63, 3.8) is 0 Å². The number of piperidine rings is 1. The Morgan fingerprint density at radius 1 is 1.40 bits per heavy atom. The smallest absolute Gasteiger partial charge is 0.233 e. The average Bonchev–Trinajstić information content (AvgIpc) is 3.16. The molecule has 3 rings (SSSR count). The number of amidine groups is 1. The van der Waals surface area contributed by atoms with Crippen molar-refractivity contribution in [2.75, 3.05) is 19.6 Å². The second kappa shape index (κ2) is 6.00. The highest BCUT2D eigenvalue weighted by Crippen LogP contribution is 2.28. The number of likely N-dealkylation sites (tertiary alicyclic amines) is 2. The van der Waals surface area contributed by atoms with Gasteiger partial charge in [-0.3, -0.25) is 4.90 Å². The molecule has 0 aromatic heterocycles. The summed E-state index contributed by atoms with van der Waals surface area (Å²) < 4.78 is 0. The van der Waals surface area contributed by atoms with Crippen LogP contribution in [-0.2, 0) is 4.84 Å². The fourth-order valence-electron chi connectivity index (χ4n) is 3.33. The minimum atomic E-state index is -0.126. The summed E-state index contributed by atoms with van der Waals surface area (Å²) in [5.74, 6) is 0.952. The second-order valence-corrected chi connectivity index (χ2v) is 5.66. The maximum absolute atomic E-state index is 5.53. The van der Waals surface area contributed by atoms with Crippen LogP contribution >= 0.6 is 0 Å². The summed E-state index contributed by atoms with van der Waals surface area (Å²) in [6, 6.07) is 0.641. The first kappa shape index (κ1) is 13.7. The highest BCUT2D eigenvalue weighted by atomic mass is 16.7. The Bertz CT molecular complexity index is 433. The number of hydrogen-bond acceptors (Lipinski definition) is 5. The Morgan fingerprint density at radius 2 is 2.20 bits per heavy atom. The van der Waals surface area contributed by atoms with Crippen LogP contribution in [0.2, 0.25) is 0 Å². The molecule has 1 N–H and O–H groups in total. The zero-order valence-electron chi connectivity index (χ0n) is 12.3. The first-order valence-corrected chi connectivity index (χ1v) is 7.69. The molecule has 0 radical (unpaired) electrons. The number of rotatable bonds is 3. The molecule has 0 saturated carbocycles. The average molecular weight is 276 g/mol. The van der Waals surface area contributed by atoms with Crippen molar-refractivity contribution in [1.29, 1.82) is 0 Å². The van der Waals surface area contributed by atoms with Gasteiger partial charge in [-0.25, -0.2) is 15.3 Å². The fraction of sp³-hybridized carbons (Fsp3) is 0.733. The van der Waals surface area contributed by atoms with Crippen LogP contribution in [0.25, 0.3) is 0 Å². The summed E-state index contributed by atoms with van der Waals surface area (Å²) in [4.78, 5) is 14.9. The molecule has 3 aliphatic rings. The normalized spacial score (nSPS) is 28.4. The number of allylic oxidation sites excluding steroid dienone is 1. The monoisotopic (exact) mass is 276 g/mol. The van der Waals surface area contributed by atoms with Gasteiger partial charge in [-0.1, -0.05) is 13.5 Å². The zero-order valence-corrected chi connectivity index (χ0v) is 12.3. The van der Waals surface area contributed by atoms with Crippen LogP contribution in [0.5, 0.6) is 0 Å². The van der Waals surface area contributed by atoms with Gasteiger partial charge in [0.25, 0.3) is 0 Å². The molecule has 5 heteroatoms. The summed E-state index contributed by atoms with van der Waals surface area (Å²) in [6.45, 7) is 9.16. The molecule has 1 atom stereocenters. The number of hydroxylamine groups is 1. The van der Waals surface area contributed by atoms with E-state index in [0.717, 1.165) is 31.8 Å². The second-order valence-electron chi connectivity index (χ2n) is 5.66. The third kappa shape index (κ3) is 2.62. The molecular weight excluding hydrogens is 252 g/mol. The summed E-state index contributed by atoms with van der Waals surface area (Å²) in [6.07, 6.45) is 5.50. The van der Waals surface area contributed by atoms with Gasteiger partial charge in [0.15, 0.2) is 0 Å². The van der Waals surface area contributed by atoms with Gasteiger partial charge < -0.3 is 4.90 Å². The van der Waals surface area contributed by atoms with E-state index in [1.165, 1.54) is 31.5 Å². The standard InChI is InChI=1S/C15H24N4O/c1-3-12-6-5-9-19(12)13-7-10-18(11-8-13)15-16-14(4-2)17-20-15/h13,15H,1,4-11H2,2H3,(H,16,17). The van der Waals surface area contributed by atoms with Gasteiger partial charge in [0.05, 0.1) is 5.70 Å². The fourth-order valence-corrected chi connectivity index (χ4v) is 3.33. The van der Waals surface area contributed by atoms with Crippen LogP contribution in [-0.4, -0.2) is 47.7 Å². The molecular formula is C15H24N4O. The molecule has 20 heavy (non-hydrogen) atoms. The summed E-state index contributed by atoms with van der Waals surface area (Å²) in [5.41, 5.74) is 7.34. The van der Waals surface area contributed by atoms with Crippen molar-refractivity contribution in [1.82, 2.24) is 15.3 Å². The molecule has 1 unspecified atom stereocenters. The van der Waals surface area contributed by atoms with Gasteiger partial charge in [-0.2, -0.15) is 0 Å². The molecule has 110 valence electrons. The van der Waals surface area contributed by atoms with E-state index in [-0.39, 0.29) is 6.35 Å². The van der Waals surface area contributed by atoms with E-state index in [2.05, 4.69) is 39.5 Å². The molecule has 0 aromatic rings. The Kier molecular flexibility index (Phi) is 4.10. The van der Waals surface area contributed by atoms with E-state index in [1.807, 2.05) is 0 Å². The first-order valence-electron chi connectivity index (χ1n) is 7.69. The van der Waals surface area contributed by atoms with Gasteiger partial charge in [0.2, 0.25) is 6.35 Å². The Hall–Kier alpha value is -1.29. The van der Waals surface area contributed by atoms with Gasteiger partial charge in [-0.15, -0.1) is 5.73 Å². The molecule has 3 heterocycles. The van der Waals surface area contributed by atoms with E-state index < -0.39 is 0 Å². The van der Waals surface area contributed by atoms with Crippen LogP contribution in [0, 0.1) is 0 Å². The third-order valence-electron chi connectivity index (χ3n) is 4.50. The predicted molar refractivity (Wildman–Crippen MR) is 78.9 cm³/mol. The van der Waals surface area contributed by atoms with E-state index in [9.17, 15) is 0 Å². The van der Waals surface area contributed by atoms with E-state index in [0.29, 0.717) is 6.04 Å². The van der Waals surface area contributed by atoms with Crippen molar-refractivity contribution in [3.8, 4) is 0 Å². The van der Waals surface area contributed by atoms with Gasteiger partial charge in [0, 0.05) is 32.1 Å². The molecule has 0 amide bonds. The first-order chi connectivity index (χ1) is 9.81. The molecule has 0 aromatic carbocycles. The molecule has 2 saturated heterocycles. The van der Waals surface area contributed by atoms with Crippen molar-refractivity contribution in [2.45, 2.75) is 51.4 Å². The minimum absolute atomic E-state index is 0.126. The lowest BCUT2D eigenvalue weighted by Gasteiger charge is -2.38. The largest absolute Gasteiger partial charge is 0.366 e. The number of aliphatic imine (C=N–C) groups is 1. The van der Waals surface area contributed by atoms with Crippen molar-refractivity contribution < 1.29 is 4.84 Å². The molecule has 2 fully saturated rings. The Morgan fingerprint density at radius 3 is 2.85 bits per heavy atom. The lowest BCUT2D eigenvalue weighted by atomic mass is 10.0. The molecule has 3 aliphatic heterocycles. The topological polar surface area (TPSA) is 40.1 Å². The van der Waals surface area contributed by atoms with Crippen molar-refractivity contribution in [3.05, 3.63) is 18.0 Å². The van der Waals surface area contributed by atoms with Crippen LogP contribution in [0.1, 0.15) is 39.0 Å². The van der Waals surface area contributed by atoms with Gasteiger partial charge >= 0.3 is 0 Å². The SMILES string of the molecule is C=C=C1CCCN1C1CCN(C2N=C(CC)NO2)CC1. The minimum Gasteiger partial charge on any atom is -0.366 e. The Balaban J connectivity index is 1.55. The maximum atomic E-state index is 5.53. The van der Waals surface area contributed by atoms with Crippen molar-refractivity contribution in [2.24, 2.45) is 4.99 Å². The van der Waals surface area contributed by atoms with E-state index in [1.54, 1.807) is 0 Å². The van der Waals surface area contributed by atoms with Gasteiger partial charge in [0.1, 0.15) is 5.84 Å². The molecule has 5 nitrogen and oxygen atoms in total. The Labute approximate surface area is 120 Å². The van der Waals surface area contributed by atoms with Crippen molar-refractivity contribution >= 4 is 5.84 Å². The highest BCUT2D eigenvalue weighted by molar-refractivity contribution is 5.81. The molecule has 0 bridgehead atoms. The summed E-state index contributed by atoms with van der Waals surface area (Å²) in [5, 5.41) is 0. The van der Waals surface area contributed by atoms with E-state index in [4.69, 9.17) is 4.84 Å². The molecule has 0 spiro atoms. The number of nitrogens with zero attached hydrogens (tertiary/aromatic N) is 3. The molecule has 0 aliphatic carbocycles. The van der Waals surface area contributed by atoms with Crippen LogP contribution in [0.3, 0.4) is 0 Å². The highest BCUT2D eigenvalue weighted by Gasteiger charge is 2.32. The third-order valence-corrected chi connectivity index (χ3v) is 4.50. The maximum Gasteiger partial charge on any atom is 0.233 e. The summed E-state index contributed by atoms with van der Waals surface area (Å²) in [7, 11) is 0. The summed E-state index contributed by atoms with van der Waals surface area (Å²) >= 11 is 0. The van der Waals surface area contributed by atoms with Crippen LogP contribution in [0.15, 0.2) is 23.0 Å². The lowest BCUT2D eigenvalue weighted by Crippen LogP contribution is -2.47. The lowest BCUT2D eigenvalue weighted by molar-refractivity contribution is -0.0781. The zero-order chi connectivity index (χ0) is 13.9.